The van der Waals surface area contributed by atoms with Crippen LogP contribution >= 0.6 is 0 Å². The van der Waals surface area contributed by atoms with Crippen molar-refractivity contribution in [2.75, 3.05) is 0 Å². The van der Waals surface area contributed by atoms with E-state index in [0.717, 1.165) is 24.4 Å². The third kappa shape index (κ3) is 10.6. The zero-order chi connectivity index (χ0) is 16.8. The summed E-state index contributed by atoms with van der Waals surface area (Å²) in [6.45, 7) is 26.4. The first-order chi connectivity index (χ1) is 9.33. The van der Waals surface area contributed by atoms with Crippen LogP contribution in [0.5, 0.6) is 0 Å². The van der Waals surface area contributed by atoms with Gasteiger partial charge in [-0.05, 0) is 35.5 Å². The topological polar surface area (TPSA) is 9.23 Å². The molecule has 1 heteroatoms. The van der Waals surface area contributed by atoms with Gasteiger partial charge in [0.25, 0.3) is 0 Å². The molecule has 0 amide bonds. The minimum atomic E-state index is 0.235. The van der Waals surface area contributed by atoms with Crippen molar-refractivity contribution in [3.05, 3.63) is 24.7 Å². The van der Waals surface area contributed by atoms with Gasteiger partial charge in [-0.15, -0.1) is 0 Å². The molecule has 0 aliphatic heterocycles. The summed E-state index contributed by atoms with van der Waals surface area (Å²) in [6.07, 6.45) is 4.16. The predicted molar refractivity (Wildman–Crippen MR) is 95.1 cm³/mol. The average molecular weight is 295 g/mol. The molecular formula is C20H38O. The first kappa shape index (κ1) is 20.3. The van der Waals surface area contributed by atoms with Crippen LogP contribution in [-0.2, 0) is 4.74 Å². The Morgan fingerprint density at radius 2 is 1.05 bits per heavy atom. The fraction of sp³-hybridized carbons (Fsp3) is 0.800. The monoisotopic (exact) mass is 294 g/mol. The van der Waals surface area contributed by atoms with Gasteiger partial charge in [0.15, 0.2) is 0 Å². The Morgan fingerprint density at radius 3 is 1.29 bits per heavy atom. The molecule has 0 bridgehead atoms. The number of hydrogen-bond donors (Lipinski definition) is 0. The number of allylic oxidation sites excluding steroid dienone is 2. The molecule has 0 aliphatic rings. The molecule has 0 aromatic rings. The molecule has 0 saturated carbocycles. The van der Waals surface area contributed by atoms with Crippen LogP contribution in [0.4, 0.5) is 0 Å². The fourth-order valence-corrected chi connectivity index (χ4v) is 3.70. The van der Waals surface area contributed by atoms with E-state index in [4.69, 9.17) is 4.74 Å². The molecule has 0 heterocycles. The standard InChI is InChI=1S/C20H38O/c1-15(2)11-19(7,8)13-17(5)21-18(6)14-20(9,10)12-16(3)4/h15-16H,5-6,11-14H2,1-4,7-10H3. The lowest BCUT2D eigenvalue weighted by atomic mass is 9.80. The Morgan fingerprint density at radius 1 is 0.762 bits per heavy atom. The Kier molecular flexibility index (Phi) is 7.78. The summed E-state index contributed by atoms with van der Waals surface area (Å²) in [5.74, 6) is 3.10. The van der Waals surface area contributed by atoms with Gasteiger partial charge in [0.05, 0.1) is 11.5 Å². The van der Waals surface area contributed by atoms with Crippen molar-refractivity contribution in [3.8, 4) is 0 Å². The van der Waals surface area contributed by atoms with Crippen LogP contribution < -0.4 is 0 Å². The number of rotatable bonds is 10. The van der Waals surface area contributed by atoms with Gasteiger partial charge in [-0.1, -0.05) is 68.5 Å². The molecule has 0 atom stereocenters. The van der Waals surface area contributed by atoms with E-state index in [2.05, 4.69) is 68.5 Å². The normalized spacial score (nSPS) is 12.9. The van der Waals surface area contributed by atoms with Crippen LogP contribution in [0.2, 0.25) is 0 Å². The van der Waals surface area contributed by atoms with E-state index >= 15 is 0 Å². The largest absolute Gasteiger partial charge is 0.467 e. The van der Waals surface area contributed by atoms with E-state index in [-0.39, 0.29) is 10.8 Å². The highest BCUT2D eigenvalue weighted by molar-refractivity contribution is 4.99. The van der Waals surface area contributed by atoms with Gasteiger partial charge in [0.2, 0.25) is 0 Å². The molecule has 1 nitrogen and oxygen atoms in total. The van der Waals surface area contributed by atoms with Crippen molar-refractivity contribution in [1.29, 1.82) is 0 Å². The van der Waals surface area contributed by atoms with Crippen molar-refractivity contribution in [2.24, 2.45) is 22.7 Å². The van der Waals surface area contributed by atoms with Crippen LogP contribution in [0.25, 0.3) is 0 Å². The Balaban J connectivity index is 4.36. The van der Waals surface area contributed by atoms with Gasteiger partial charge in [0.1, 0.15) is 0 Å². The molecule has 124 valence electrons. The van der Waals surface area contributed by atoms with Crippen LogP contribution in [0.1, 0.15) is 81.1 Å². The molecule has 0 unspecified atom stereocenters. The summed E-state index contributed by atoms with van der Waals surface area (Å²) >= 11 is 0. The Hall–Kier alpha value is -0.720. The number of ether oxygens (including phenoxy) is 1. The van der Waals surface area contributed by atoms with Gasteiger partial charge >= 0.3 is 0 Å². The Labute approximate surface area is 133 Å². The van der Waals surface area contributed by atoms with E-state index in [0.29, 0.717) is 11.8 Å². The smallest absolute Gasteiger partial charge is 0.0969 e. The summed E-state index contributed by atoms with van der Waals surface area (Å²) in [5, 5.41) is 0. The molecule has 0 aliphatic carbocycles. The fourth-order valence-electron chi connectivity index (χ4n) is 3.70. The van der Waals surface area contributed by atoms with Gasteiger partial charge in [-0.2, -0.15) is 0 Å². The molecule has 0 aromatic carbocycles. The zero-order valence-corrected chi connectivity index (χ0v) is 15.8. The van der Waals surface area contributed by atoms with Gasteiger partial charge in [-0.25, -0.2) is 0 Å². The van der Waals surface area contributed by atoms with Crippen molar-refractivity contribution in [1.82, 2.24) is 0 Å². The third-order valence-electron chi connectivity index (χ3n) is 3.56. The second-order valence-electron chi connectivity index (χ2n) is 9.06. The van der Waals surface area contributed by atoms with E-state index in [9.17, 15) is 0 Å². The van der Waals surface area contributed by atoms with Crippen molar-refractivity contribution in [2.45, 2.75) is 81.1 Å². The van der Waals surface area contributed by atoms with Gasteiger partial charge in [0, 0.05) is 12.8 Å². The SMILES string of the molecule is C=C(CC(C)(C)CC(C)C)OC(=C)CC(C)(C)CC(C)C. The second kappa shape index (κ2) is 8.06. The van der Waals surface area contributed by atoms with Crippen molar-refractivity contribution < 1.29 is 4.74 Å². The summed E-state index contributed by atoms with van der Waals surface area (Å²) in [7, 11) is 0. The minimum Gasteiger partial charge on any atom is -0.467 e. The number of hydrogen-bond acceptors (Lipinski definition) is 1. The third-order valence-corrected chi connectivity index (χ3v) is 3.56. The van der Waals surface area contributed by atoms with E-state index < -0.39 is 0 Å². The van der Waals surface area contributed by atoms with Crippen LogP contribution in [0.3, 0.4) is 0 Å². The van der Waals surface area contributed by atoms with Crippen LogP contribution in [0, 0.1) is 22.7 Å². The summed E-state index contributed by atoms with van der Waals surface area (Å²) in [5.41, 5.74) is 0.470. The lowest BCUT2D eigenvalue weighted by Crippen LogP contribution is -2.18. The Bertz CT molecular complexity index is 311. The first-order valence-electron chi connectivity index (χ1n) is 8.36. The quantitative estimate of drug-likeness (QED) is 0.396. The molecule has 21 heavy (non-hydrogen) atoms. The van der Waals surface area contributed by atoms with E-state index in [1.54, 1.807) is 0 Å². The highest BCUT2D eigenvalue weighted by Gasteiger charge is 2.24. The first-order valence-corrected chi connectivity index (χ1v) is 8.36. The van der Waals surface area contributed by atoms with Gasteiger partial charge in [-0.3, -0.25) is 0 Å². The molecular weight excluding hydrogens is 256 g/mol. The van der Waals surface area contributed by atoms with Crippen LogP contribution in [-0.4, -0.2) is 0 Å². The zero-order valence-electron chi connectivity index (χ0n) is 15.8. The molecule has 0 spiro atoms. The molecule has 0 N–H and O–H groups in total. The maximum atomic E-state index is 5.90. The van der Waals surface area contributed by atoms with Crippen molar-refractivity contribution >= 4 is 0 Å². The maximum Gasteiger partial charge on any atom is 0.0969 e. The van der Waals surface area contributed by atoms with Crippen molar-refractivity contribution in [3.63, 3.8) is 0 Å². The summed E-state index contributed by atoms with van der Waals surface area (Å²) in [6, 6.07) is 0. The predicted octanol–water partition coefficient (Wildman–Crippen LogP) is 6.96. The van der Waals surface area contributed by atoms with E-state index in [1.807, 2.05) is 0 Å². The van der Waals surface area contributed by atoms with Gasteiger partial charge < -0.3 is 4.74 Å². The highest BCUT2D eigenvalue weighted by atomic mass is 16.5. The maximum absolute atomic E-state index is 5.90. The average Bonchev–Trinajstić information content (AvgIpc) is 2.07. The molecule has 0 saturated heterocycles. The lowest BCUT2D eigenvalue weighted by Gasteiger charge is -2.30. The minimum absolute atomic E-state index is 0.235. The highest BCUT2D eigenvalue weighted by Crippen LogP contribution is 2.36. The summed E-state index contributed by atoms with van der Waals surface area (Å²) in [4.78, 5) is 0. The second-order valence-corrected chi connectivity index (χ2v) is 9.06. The van der Waals surface area contributed by atoms with E-state index in [1.165, 1.54) is 12.8 Å². The molecule has 0 rings (SSSR count). The molecule has 0 radical (unpaired) electrons. The summed E-state index contributed by atoms with van der Waals surface area (Å²) < 4.78 is 5.90. The lowest BCUT2D eigenvalue weighted by molar-refractivity contribution is 0.181. The van der Waals surface area contributed by atoms with Crippen LogP contribution in [0.15, 0.2) is 24.7 Å². The molecule has 0 aromatic heterocycles. The molecule has 0 fully saturated rings.